The molecule has 0 spiro atoms. The Kier molecular flexibility index (Phi) is 6.38. The third-order valence-electron chi connectivity index (χ3n) is 7.91. The number of nitriles is 1. The monoisotopic (exact) mass is 540 g/mol. The second-order valence-corrected chi connectivity index (χ2v) is 10.6. The molecule has 2 aromatic carbocycles. The average molecular weight is 541 g/mol. The summed E-state index contributed by atoms with van der Waals surface area (Å²) in [6.45, 7) is 3.40. The molecule has 0 unspecified atom stereocenters. The van der Waals surface area contributed by atoms with Crippen LogP contribution >= 0.6 is 0 Å². The number of hydrogen-bond donors (Lipinski definition) is 2. The van der Waals surface area contributed by atoms with Crippen molar-refractivity contribution in [1.82, 2.24) is 29.6 Å². The van der Waals surface area contributed by atoms with Crippen LogP contribution in [0, 0.1) is 11.3 Å². The molecule has 1 fully saturated rings. The molecule has 5 heterocycles. The highest BCUT2D eigenvalue weighted by molar-refractivity contribution is 5.99. The molecular formula is C32H28N8O. The predicted octanol–water partition coefficient (Wildman–Crippen LogP) is 4.65. The van der Waals surface area contributed by atoms with Gasteiger partial charge in [-0.1, -0.05) is 54.6 Å². The third-order valence-corrected chi connectivity index (χ3v) is 7.91. The quantitative estimate of drug-likeness (QED) is 0.323. The zero-order valence-electron chi connectivity index (χ0n) is 22.4. The van der Waals surface area contributed by atoms with E-state index in [0.717, 1.165) is 66.2 Å². The van der Waals surface area contributed by atoms with Crippen LogP contribution in [0.25, 0.3) is 28.2 Å². The summed E-state index contributed by atoms with van der Waals surface area (Å²) < 4.78 is 2.04. The summed E-state index contributed by atoms with van der Waals surface area (Å²) in [5, 5.41) is 15.4. The molecule has 3 aromatic heterocycles. The van der Waals surface area contributed by atoms with Crippen molar-refractivity contribution >= 4 is 17.4 Å². The number of nitrogens with one attached hydrogen (secondary N) is 2. The van der Waals surface area contributed by atoms with E-state index in [0.29, 0.717) is 24.0 Å². The minimum atomic E-state index is -0.0394. The maximum Gasteiger partial charge on any atom is 0.253 e. The second kappa shape index (κ2) is 10.5. The maximum absolute atomic E-state index is 12.4. The van der Waals surface area contributed by atoms with Crippen LogP contribution in [-0.2, 0) is 13.1 Å². The topological polar surface area (TPSA) is 111 Å². The van der Waals surface area contributed by atoms with Crippen LogP contribution < -0.4 is 10.6 Å². The number of carbonyl (C=O) groups excluding carboxylic acids is 1. The number of hydrogen-bond acceptors (Lipinski definition) is 7. The number of carbonyl (C=O) groups is 1. The van der Waals surface area contributed by atoms with E-state index in [1.807, 2.05) is 47.0 Å². The molecule has 0 bridgehead atoms. The van der Waals surface area contributed by atoms with Crippen LogP contribution in [0.15, 0.2) is 79.1 Å². The lowest BCUT2D eigenvalue weighted by Gasteiger charge is -2.32. The zero-order valence-corrected chi connectivity index (χ0v) is 22.4. The van der Waals surface area contributed by atoms with Crippen molar-refractivity contribution in [2.75, 3.05) is 18.4 Å². The van der Waals surface area contributed by atoms with Gasteiger partial charge in [0, 0.05) is 55.7 Å². The summed E-state index contributed by atoms with van der Waals surface area (Å²) in [7, 11) is 0. The fraction of sp³-hybridized carbons (Fsp3) is 0.219. The Hall–Kier alpha value is -5.07. The minimum Gasteiger partial charge on any atom is -0.367 e. The molecule has 1 amide bonds. The van der Waals surface area contributed by atoms with Crippen molar-refractivity contribution in [2.45, 2.75) is 32.0 Å². The largest absolute Gasteiger partial charge is 0.367 e. The van der Waals surface area contributed by atoms with Gasteiger partial charge in [0.2, 0.25) is 5.82 Å². The number of benzene rings is 2. The highest BCUT2D eigenvalue weighted by Gasteiger charge is 2.24. The Labute approximate surface area is 237 Å². The lowest BCUT2D eigenvalue weighted by molar-refractivity contribution is 0.0965. The normalized spacial score (nSPS) is 15.4. The molecule has 2 N–H and O–H groups in total. The van der Waals surface area contributed by atoms with Gasteiger partial charge in [-0.05, 0) is 36.1 Å². The first-order valence-electron chi connectivity index (χ1n) is 13.8. The average Bonchev–Trinajstić information content (AvgIpc) is 3.57. The number of imidazole rings is 1. The maximum atomic E-state index is 12.4. The number of piperidine rings is 1. The van der Waals surface area contributed by atoms with Gasteiger partial charge in [-0.25, -0.2) is 15.0 Å². The van der Waals surface area contributed by atoms with Crippen molar-refractivity contribution in [3.63, 3.8) is 0 Å². The molecule has 9 heteroatoms. The SMILES string of the molecule is N#Cc1nccc(NC2CCN(Cc3ccc(-c4nc5cc6c(cn5c4-c4ccccc4)C(=O)NC6)cc3)CC2)n1. The smallest absolute Gasteiger partial charge is 0.253 e. The lowest BCUT2D eigenvalue weighted by atomic mass is 10.0. The molecule has 0 aliphatic carbocycles. The fourth-order valence-electron chi connectivity index (χ4n) is 5.79. The molecule has 0 atom stereocenters. The molecule has 41 heavy (non-hydrogen) atoms. The zero-order chi connectivity index (χ0) is 27.8. The molecule has 5 aromatic rings. The summed E-state index contributed by atoms with van der Waals surface area (Å²) in [6, 6.07) is 25.1. The van der Waals surface area contributed by atoms with Gasteiger partial charge in [0.25, 0.3) is 5.91 Å². The van der Waals surface area contributed by atoms with Crippen molar-refractivity contribution in [3.05, 3.63) is 102 Å². The Balaban J connectivity index is 1.09. The van der Waals surface area contributed by atoms with Crippen LogP contribution in [0.1, 0.15) is 40.2 Å². The van der Waals surface area contributed by atoms with E-state index < -0.39 is 0 Å². The number of nitrogens with zero attached hydrogens (tertiary/aromatic N) is 6. The molecule has 2 aliphatic rings. The predicted molar refractivity (Wildman–Crippen MR) is 156 cm³/mol. The highest BCUT2D eigenvalue weighted by atomic mass is 16.1. The van der Waals surface area contributed by atoms with Gasteiger partial charge in [-0.2, -0.15) is 5.26 Å². The third kappa shape index (κ3) is 4.90. The Morgan fingerprint density at radius 1 is 1.00 bits per heavy atom. The van der Waals surface area contributed by atoms with E-state index in [9.17, 15) is 4.79 Å². The van der Waals surface area contributed by atoms with Crippen molar-refractivity contribution in [2.24, 2.45) is 0 Å². The molecule has 0 saturated carbocycles. The first-order valence-corrected chi connectivity index (χ1v) is 13.8. The first kappa shape index (κ1) is 24.9. The van der Waals surface area contributed by atoms with E-state index in [4.69, 9.17) is 10.2 Å². The van der Waals surface area contributed by atoms with Gasteiger partial charge in [0.15, 0.2) is 0 Å². The van der Waals surface area contributed by atoms with E-state index in [1.54, 1.807) is 6.20 Å². The molecular weight excluding hydrogens is 512 g/mol. The number of fused-ring (bicyclic) bond motifs is 2. The van der Waals surface area contributed by atoms with Crippen LogP contribution in [0.5, 0.6) is 0 Å². The second-order valence-electron chi connectivity index (χ2n) is 10.6. The number of amides is 1. The van der Waals surface area contributed by atoms with E-state index >= 15 is 0 Å². The van der Waals surface area contributed by atoms with E-state index in [1.165, 1.54) is 5.56 Å². The number of pyridine rings is 1. The van der Waals surface area contributed by atoms with Crippen molar-refractivity contribution < 1.29 is 4.79 Å². The number of aromatic nitrogens is 4. The fourth-order valence-corrected chi connectivity index (χ4v) is 5.79. The molecule has 202 valence electrons. The summed E-state index contributed by atoms with van der Waals surface area (Å²) >= 11 is 0. The van der Waals surface area contributed by atoms with Crippen molar-refractivity contribution in [3.8, 4) is 28.6 Å². The van der Waals surface area contributed by atoms with Gasteiger partial charge < -0.3 is 10.6 Å². The van der Waals surface area contributed by atoms with E-state index in [2.05, 4.69) is 61.9 Å². The van der Waals surface area contributed by atoms with Gasteiger partial charge >= 0.3 is 0 Å². The van der Waals surface area contributed by atoms with Gasteiger partial charge in [0.1, 0.15) is 17.5 Å². The Bertz CT molecular complexity index is 1780. The minimum absolute atomic E-state index is 0.0394. The molecule has 2 aliphatic heterocycles. The van der Waals surface area contributed by atoms with Crippen molar-refractivity contribution in [1.29, 1.82) is 5.26 Å². The molecule has 9 nitrogen and oxygen atoms in total. The molecule has 1 saturated heterocycles. The summed E-state index contributed by atoms with van der Waals surface area (Å²) in [4.78, 5) is 28.1. The van der Waals surface area contributed by atoms with E-state index in [-0.39, 0.29) is 11.7 Å². The van der Waals surface area contributed by atoms with Crippen LogP contribution in [-0.4, -0.2) is 49.3 Å². The molecule has 7 rings (SSSR count). The standard InChI is InChI=1S/C32H28N8O/c33-17-28-34-13-10-27(37-28)36-25-11-14-39(15-12-25)19-21-6-8-22(9-7-21)30-31(23-4-2-1-3-5-23)40-20-26-24(16-29(40)38-30)18-35-32(26)41/h1-10,13,16,20,25H,11-12,14-15,18-19H2,(H,35,41)(H,34,36,37). The van der Waals surface area contributed by atoms with Gasteiger partial charge in [0.05, 0.1) is 17.0 Å². The van der Waals surface area contributed by atoms with Crippen LogP contribution in [0.3, 0.4) is 0 Å². The van der Waals surface area contributed by atoms with Gasteiger partial charge in [-0.15, -0.1) is 0 Å². The first-order chi connectivity index (χ1) is 20.1. The summed E-state index contributed by atoms with van der Waals surface area (Å²) in [5.74, 6) is 0.856. The van der Waals surface area contributed by atoms with Crippen LogP contribution in [0.4, 0.5) is 5.82 Å². The summed E-state index contributed by atoms with van der Waals surface area (Å²) in [5.41, 5.74) is 7.77. The van der Waals surface area contributed by atoms with Crippen LogP contribution in [0.2, 0.25) is 0 Å². The lowest BCUT2D eigenvalue weighted by Crippen LogP contribution is -2.38. The summed E-state index contributed by atoms with van der Waals surface area (Å²) in [6.07, 6.45) is 5.56. The number of anilines is 1. The Morgan fingerprint density at radius 3 is 2.59 bits per heavy atom. The number of rotatable bonds is 6. The Morgan fingerprint density at radius 2 is 1.80 bits per heavy atom. The highest BCUT2D eigenvalue weighted by Crippen LogP contribution is 2.34. The number of likely N-dealkylation sites (tertiary alicyclic amines) is 1. The van der Waals surface area contributed by atoms with Gasteiger partial charge in [-0.3, -0.25) is 14.1 Å². The molecule has 0 radical (unpaired) electrons.